The number of hydrogen-bond donors (Lipinski definition) is 1. The second kappa shape index (κ2) is 7.64. The van der Waals surface area contributed by atoms with Gasteiger partial charge in [0.1, 0.15) is 0 Å². The van der Waals surface area contributed by atoms with Gasteiger partial charge in [-0.25, -0.2) is 4.68 Å². The molecule has 21 heavy (non-hydrogen) atoms. The first-order chi connectivity index (χ1) is 10.3. The molecule has 0 radical (unpaired) electrons. The smallest absolute Gasteiger partial charge is 0.161 e. The average Bonchev–Trinajstić information content (AvgIpc) is 2.95. The molecule has 114 valence electrons. The fourth-order valence-corrected chi connectivity index (χ4v) is 2.15. The summed E-state index contributed by atoms with van der Waals surface area (Å²) in [6.45, 7) is 1.38. The van der Waals surface area contributed by atoms with Crippen LogP contribution in [-0.2, 0) is 13.0 Å². The number of unbranched alkanes of at least 4 members (excludes halogenated alkanes) is 1. The lowest BCUT2D eigenvalue weighted by Crippen LogP contribution is -2.01. The minimum Gasteiger partial charge on any atom is -0.493 e. The highest BCUT2D eigenvalue weighted by molar-refractivity contribution is 5.42. The first-order valence-corrected chi connectivity index (χ1v) is 7.06. The standard InChI is InChI=1S/C15H22N4O2/c1-20-14-7-6-12(9-15(14)21-2)10-19-11-13(17-18-19)5-3-4-8-16/h6-7,9,11H,3-5,8,10,16H2,1-2H3. The second-order valence-corrected chi connectivity index (χ2v) is 4.84. The van der Waals surface area contributed by atoms with E-state index in [2.05, 4.69) is 10.3 Å². The van der Waals surface area contributed by atoms with Gasteiger partial charge in [-0.05, 0) is 43.5 Å². The van der Waals surface area contributed by atoms with Crippen LogP contribution in [0.5, 0.6) is 11.5 Å². The molecular formula is C15H22N4O2. The van der Waals surface area contributed by atoms with Crippen molar-refractivity contribution < 1.29 is 9.47 Å². The number of aryl methyl sites for hydroxylation is 1. The number of aromatic nitrogens is 3. The number of nitrogens with two attached hydrogens (primary N) is 1. The van der Waals surface area contributed by atoms with E-state index in [1.165, 1.54) is 0 Å². The van der Waals surface area contributed by atoms with Crippen LogP contribution in [0.3, 0.4) is 0 Å². The van der Waals surface area contributed by atoms with Gasteiger partial charge in [0.2, 0.25) is 0 Å². The Hall–Kier alpha value is -2.08. The summed E-state index contributed by atoms with van der Waals surface area (Å²) in [6.07, 6.45) is 4.96. The molecule has 1 aromatic heterocycles. The highest BCUT2D eigenvalue weighted by Gasteiger charge is 2.06. The summed E-state index contributed by atoms with van der Waals surface area (Å²) in [5.74, 6) is 1.44. The topological polar surface area (TPSA) is 75.2 Å². The molecule has 1 aromatic carbocycles. The van der Waals surface area contributed by atoms with Crippen LogP contribution in [0, 0.1) is 0 Å². The summed E-state index contributed by atoms with van der Waals surface area (Å²) >= 11 is 0. The number of hydrogen-bond acceptors (Lipinski definition) is 5. The van der Waals surface area contributed by atoms with Crippen molar-refractivity contribution in [2.45, 2.75) is 25.8 Å². The van der Waals surface area contributed by atoms with Crippen molar-refractivity contribution in [2.24, 2.45) is 5.73 Å². The summed E-state index contributed by atoms with van der Waals surface area (Å²) in [5, 5.41) is 8.33. The Bertz CT molecular complexity index is 569. The maximum atomic E-state index is 5.49. The SMILES string of the molecule is COc1ccc(Cn2cc(CCCCN)nn2)cc1OC. The maximum absolute atomic E-state index is 5.49. The maximum Gasteiger partial charge on any atom is 0.161 e. The molecule has 0 fully saturated rings. The Morgan fingerprint density at radius 1 is 1.14 bits per heavy atom. The van der Waals surface area contributed by atoms with E-state index in [4.69, 9.17) is 15.2 Å². The number of rotatable bonds is 8. The van der Waals surface area contributed by atoms with Gasteiger partial charge in [-0.3, -0.25) is 0 Å². The Balaban J connectivity index is 2.01. The molecule has 2 N–H and O–H groups in total. The van der Waals surface area contributed by atoms with E-state index >= 15 is 0 Å². The van der Waals surface area contributed by atoms with Crippen LogP contribution in [0.4, 0.5) is 0 Å². The van der Waals surface area contributed by atoms with Crippen molar-refractivity contribution in [3.63, 3.8) is 0 Å². The number of ether oxygens (including phenoxy) is 2. The predicted molar refractivity (Wildman–Crippen MR) is 80.7 cm³/mol. The van der Waals surface area contributed by atoms with E-state index in [-0.39, 0.29) is 0 Å². The Labute approximate surface area is 124 Å². The van der Waals surface area contributed by atoms with E-state index in [9.17, 15) is 0 Å². The quantitative estimate of drug-likeness (QED) is 0.748. The highest BCUT2D eigenvalue weighted by Crippen LogP contribution is 2.27. The van der Waals surface area contributed by atoms with Gasteiger partial charge in [-0.2, -0.15) is 0 Å². The van der Waals surface area contributed by atoms with E-state index in [1.54, 1.807) is 14.2 Å². The van der Waals surface area contributed by atoms with Crippen LogP contribution >= 0.6 is 0 Å². The van der Waals surface area contributed by atoms with Crippen molar-refractivity contribution in [1.29, 1.82) is 0 Å². The molecule has 1 heterocycles. The lowest BCUT2D eigenvalue weighted by atomic mass is 10.2. The lowest BCUT2D eigenvalue weighted by molar-refractivity contribution is 0.354. The monoisotopic (exact) mass is 290 g/mol. The third-order valence-electron chi connectivity index (χ3n) is 3.27. The fraction of sp³-hybridized carbons (Fsp3) is 0.467. The normalized spacial score (nSPS) is 10.6. The van der Waals surface area contributed by atoms with Crippen LogP contribution in [0.2, 0.25) is 0 Å². The molecule has 0 saturated carbocycles. The summed E-state index contributed by atoms with van der Waals surface area (Å²) in [6, 6.07) is 5.85. The van der Waals surface area contributed by atoms with Gasteiger partial charge in [0.25, 0.3) is 0 Å². The minimum absolute atomic E-state index is 0.657. The molecule has 2 aromatic rings. The molecular weight excluding hydrogens is 268 g/mol. The van der Waals surface area contributed by atoms with Crippen molar-refractivity contribution in [1.82, 2.24) is 15.0 Å². The minimum atomic E-state index is 0.657. The third kappa shape index (κ3) is 4.19. The zero-order chi connectivity index (χ0) is 15.1. The summed E-state index contributed by atoms with van der Waals surface area (Å²) in [5.41, 5.74) is 7.58. The van der Waals surface area contributed by atoms with Gasteiger partial charge < -0.3 is 15.2 Å². The Kier molecular flexibility index (Phi) is 5.57. The highest BCUT2D eigenvalue weighted by atomic mass is 16.5. The molecule has 6 heteroatoms. The number of nitrogens with zero attached hydrogens (tertiary/aromatic N) is 3. The Morgan fingerprint density at radius 3 is 2.67 bits per heavy atom. The molecule has 6 nitrogen and oxygen atoms in total. The van der Waals surface area contributed by atoms with Gasteiger partial charge in [-0.15, -0.1) is 5.10 Å². The molecule has 0 saturated heterocycles. The summed E-state index contributed by atoms with van der Waals surface area (Å²) in [4.78, 5) is 0. The van der Waals surface area contributed by atoms with E-state index in [1.807, 2.05) is 29.1 Å². The van der Waals surface area contributed by atoms with Crippen LogP contribution in [0.15, 0.2) is 24.4 Å². The predicted octanol–water partition coefficient (Wildman–Crippen LogP) is 1.62. The van der Waals surface area contributed by atoms with Gasteiger partial charge >= 0.3 is 0 Å². The molecule has 0 atom stereocenters. The van der Waals surface area contributed by atoms with E-state index in [0.717, 1.165) is 48.6 Å². The molecule has 0 aliphatic heterocycles. The van der Waals surface area contributed by atoms with Crippen molar-refractivity contribution in [3.05, 3.63) is 35.7 Å². The first kappa shape index (κ1) is 15.3. The lowest BCUT2D eigenvalue weighted by Gasteiger charge is -2.09. The van der Waals surface area contributed by atoms with Gasteiger partial charge in [0.05, 0.1) is 26.5 Å². The van der Waals surface area contributed by atoms with Gasteiger partial charge in [0, 0.05) is 6.20 Å². The summed E-state index contributed by atoms with van der Waals surface area (Å²) in [7, 11) is 3.26. The number of methoxy groups -OCH3 is 2. The largest absolute Gasteiger partial charge is 0.493 e. The molecule has 0 unspecified atom stereocenters. The van der Waals surface area contributed by atoms with Gasteiger partial charge in [0.15, 0.2) is 11.5 Å². The average molecular weight is 290 g/mol. The van der Waals surface area contributed by atoms with Crippen molar-refractivity contribution in [3.8, 4) is 11.5 Å². The van der Waals surface area contributed by atoms with Crippen molar-refractivity contribution in [2.75, 3.05) is 20.8 Å². The molecule has 0 amide bonds. The van der Waals surface area contributed by atoms with Gasteiger partial charge in [-0.1, -0.05) is 11.3 Å². The van der Waals surface area contributed by atoms with E-state index < -0.39 is 0 Å². The van der Waals surface area contributed by atoms with E-state index in [0.29, 0.717) is 6.54 Å². The molecule has 2 rings (SSSR count). The van der Waals surface area contributed by atoms with Crippen LogP contribution in [-0.4, -0.2) is 35.8 Å². The zero-order valence-electron chi connectivity index (χ0n) is 12.6. The van der Waals surface area contributed by atoms with Crippen LogP contribution in [0.25, 0.3) is 0 Å². The first-order valence-electron chi connectivity index (χ1n) is 7.06. The third-order valence-corrected chi connectivity index (χ3v) is 3.27. The summed E-state index contributed by atoms with van der Waals surface area (Å²) < 4.78 is 12.4. The molecule has 0 aliphatic rings. The number of benzene rings is 1. The second-order valence-electron chi connectivity index (χ2n) is 4.84. The molecule has 0 bridgehead atoms. The van der Waals surface area contributed by atoms with Crippen LogP contribution in [0.1, 0.15) is 24.1 Å². The Morgan fingerprint density at radius 2 is 1.95 bits per heavy atom. The zero-order valence-corrected chi connectivity index (χ0v) is 12.6. The fourth-order valence-electron chi connectivity index (χ4n) is 2.15. The molecule has 0 aliphatic carbocycles. The van der Waals surface area contributed by atoms with Crippen molar-refractivity contribution >= 4 is 0 Å². The molecule has 0 spiro atoms. The van der Waals surface area contributed by atoms with Crippen LogP contribution < -0.4 is 15.2 Å².